The molecule has 0 atom stereocenters. The van der Waals surface area contributed by atoms with E-state index < -0.39 is 5.97 Å². The van der Waals surface area contributed by atoms with E-state index in [1.54, 1.807) is 12.1 Å². The summed E-state index contributed by atoms with van der Waals surface area (Å²) in [5.74, 6) is -0.965. The topological polar surface area (TPSA) is 63.3 Å². The zero-order valence-corrected chi connectivity index (χ0v) is 10.4. The fourth-order valence-electron chi connectivity index (χ4n) is 2.08. The molecule has 3 nitrogen and oxygen atoms in total. The highest BCUT2D eigenvalue weighted by molar-refractivity contribution is 5.91. The van der Waals surface area contributed by atoms with Crippen molar-refractivity contribution in [3.8, 4) is 11.1 Å². The first-order chi connectivity index (χ1) is 8.45. The van der Waals surface area contributed by atoms with Crippen molar-refractivity contribution in [2.75, 3.05) is 5.73 Å². The number of carboxylic acid groups (broad SMARTS) is 1. The lowest BCUT2D eigenvalue weighted by Gasteiger charge is -2.08. The quantitative estimate of drug-likeness (QED) is 0.793. The predicted octanol–water partition coefficient (Wildman–Crippen LogP) is 3.25. The summed E-state index contributed by atoms with van der Waals surface area (Å²) in [5, 5.41) is 9.03. The van der Waals surface area contributed by atoms with Crippen LogP contribution >= 0.6 is 0 Å². The molecule has 0 saturated carbocycles. The van der Waals surface area contributed by atoms with Gasteiger partial charge in [0.25, 0.3) is 0 Å². The maximum atomic E-state index is 11.0. The predicted molar refractivity (Wildman–Crippen MR) is 72.7 cm³/mol. The molecule has 3 heteroatoms. The van der Waals surface area contributed by atoms with Crippen LogP contribution in [0.5, 0.6) is 0 Å². The van der Waals surface area contributed by atoms with E-state index in [0.717, 1.165) is 22.3 Å². The second kappa shape index (κ2) is 4.53. The van der Waals surface area contributed by atoms with Crippen molar-refractivity contribution in [2.24, 2.45) is 0 Å². The van der Waals surface area contributed by atoms with E-state index in [0.29, 0.717) is 5.69 Å². The number of hydrogen-bond acceptors (Lipinski definition) is 2. The van der Waals surface area contributed by atoms with E-state index in [9.17, 15) is 4.79 Å². The van der Waals surface area contributed by atoms with Crippen LogP contribution in [-0.2, 0) is 0 Å². The molecule has 0 spiro atoms. The average molecular weight is 241 g/mol. The van der Waals surface area contributed by atoms with Gasteiger partial charge in [-0.1, -0.05) is 29.3 Å². The number of carbonyl (C=O) groups is 1. The SMILES string of the molecule is Cc1cc(C)cc(-c2cc(N)cc(C(=O)O)c2)c1. The monoisotopic (exact) mass is 241 g/mol. The van der Waals surface area contributed by atoms with Crippen LogP contribution in [0.3, 0.4) is 0 Å². The van der Waals surface area contributed by atoms with Gasteiger partial charge in [-0.05, 0) is 43.2 Å². The summed E-state index contributed by atoms with van der Waals surface area (Å²) in [5.41, 5.74) is 10.5. The van der Waals surface area contributed by atoms with Crippen LogP contribution in [-0.4, -0.2) is 11.1 Å². The summed E-state index contributed by atoms with van der Waals surface area (Å²) < 4.78 is 0. The highest BCUT2D eigenvalue weighted by atomic mass is 16.4. The summed E-state index contributed by atoms with van der Waals surface area (Å²) in [6.45, 7) is 4.03. The van der Waals surface area contributed by atoms with Crippen molar-refractivity contribution in [1.82, 2.24) is 0 Å². The van der Waals surface area contributed by atoms with Gasteiger partial charge in [0.05, 0.1) is 5.56 Å². The Labute approximate surface area is 106 Å². The Morgan fingerprint density at radius 3 is 2.06 bits per heavy atom. The Kier molecular flexibility index (Phi) is 3.06. The largest absolute Gasteiger partial charge is 0.478 e. The van der Waals surface area contributed by atoms with Crippen LogP contribution in [0, 0.1) is 13.8 Å². The minimum absolute atomic E-state index is 0.212. The van der Waals surface area contributed by atoms with Crippen LogP contribution in [0.4, 0.5) is 5.69 Å². The van der Waals surface area contributed by atoms with Crippen molar-refractivity contribution in [3.05, 3.63) is 53.1 Å². The number of aromatic carboxylic acids is 1. The van der Waals surface area contributed by atoms with E-state index in [2.05, 4.69) is 6.07 Å². The van der Waals surface area contributed by atoms with E-state index in [1.165, 1.54) is 6.07 Å². The maximum Gasteiger partial charge on any atom is 0.335 e. The van der Waals surface area contributed by atoms with Gasteiger partial charge in [0, 0.05) is 5.69 Å². The summed E-state index contributed by atoms with van der Waals surface area (Å²) in [4.78, 5) is 11.0. The molecule has 2 rings (SSSR count). The Hall–Kier alpha value is -2.29. The molecule has 0 radical (unpaired) electrons. The number of benzene rings is 2. The number of rotatable bonds is 2. The molecule has 0 aliphatic carbocycles. The van der Waals surface area contributed by atoms with Gasteiger partial charge in [-0.2, -0.15) is 0 Å². The first-order valence-corrected chi connectivity index (χ1v) is 5.68. The minimum Gasteiger partial charge on any atom is -0.478 e. The number of aryl methyl sites for hydroxylation is 2. The van der Waals surface area contributed by atoms with Gasteiger partial charge in [0.1, 0.15) is 0 Å². The molecule has 0 saturated heterocycles. The van der Waals surface area contributed by atoms with Gasteiger partial charge in [-0.25, -0.2) is 4.79 Å². The lowest BCUT2D eigenvalue weighted by atomic mass is 9.98. The van der Waals surface area contributed by atoms with E-state index in [4.69, 9.17) is 10.8 Å². The molecule has 92 valence electrons. The molecule has 3 N–H and O–H groups in total. The van der Waals surface area contributed by atoms with E-state index >= 15 is 0 Å². The molecule has 0 bridgehead atoms. The minimum atomic E-state index is -0.965. The Morgan fingerprint density at radius 1 is 0.944 bits per heavy atom. The second-order valence-electron chi connectivity index (χ2n) is 4.53. The first-order valence-electron chi connectivity index (χ1n) is 5.68. The third-order valence-corrected chi connectivity index (χ3v) is 2.76. The van der Waals surface area contributed by atoms with Crippen LogP contribution in [0.1, 0.15) is 21.5 Å². The Morgan fingerprint density at radius 2 is 1.50 bits per heavy atom. The van der Waals surface area contributed by atoms with Gasteiger partial charge in [-0.3, -0.25) is 0 Å². The van der Waals surface area contributed by atoms with Crippen LogP contribution in [0.25, 0.3) is 11.1 Å². The normalized spacial score (nSPS) is 10.3. The number of hydrogen-bond donors (Lipinski definition) is 2. The van der Waals surface area contributed by atoms with Crippen molar-refractivity contribution in [3.63, 3.8) is 0 Å². The summed E-state index contributed by atoms with van der Waals surface area (Å²) in [6.07, 6.45) is 0. The maximum absolute atomic E-state index is 11.0. The summed E-state index contributed by atoms with van der Waals surface area (Å²) >= 11 is 0. The third kappa shape index (κ3) is 2.51. The van der Waals surface area contributed by atoms with Crippen molar-refractivity contribution in [2.45, 2.75) is 13.8 Å². The molecule has 0 aliphatic rings. The van der Waals surface area contributed by atoms with Crippen LogP contribution in [0.15, 0.2) is 36.4 Å². The molecular weight excluding hydrogens is 226 g/mol. The lowest BCUT2D eigenvalue weighted by Crippen LogP contribution is -1.99. The molecule has 0 fully saturated rings. The zero-order valence-electron chi connectivity index (χ0n) is 10.4. The van der Waals surface area contributed by atoms with Gasteiger partial charge >= 0.3 is 5.97 Å². The van der Waals surface area contributed by atoms with Crippen LogP contribution < -0.4 is 5.73 Å². The Balaban J connectivity index is 2.59. The molecular formula is C15H15NO2. The highest BCUT2D eigenvalue weighted by Gasteiger charge is 2.07. The zero-order chi connectivity index (χ0) is 13.3. The Bertz CT molecular complexity index is 598. The van der Waals surface area contributed by atoms with Gasteiger partial charge in [0.15, 0.2) is 0 Å². The van der Waals surface area contributed by atoms with E-state index in [-0.39, 0.29) is 5.56 Å². The summed E-state index contributed by atoms with van der Waals surface area (Å²) in [6, 6.07) is 11.0. The third-order valence-electron chi connectivity index (χ3n) is 2.76. The molecule has 0 amide bonds. The standard InChI is InChI=1S/C15H15NO2/c1-9-3-10(2)5-11(4-9)12-6-13(15(17)18)8-14(16)7-12/h3-8H,16H2,1-2H3,(H,17,18). The van der Waals surface area contributed by atoms with Crippen molar-refractivity contribution >= 4 is 11.7 Å². The molecule has 0 aromatic heterocycles. The fraction of sp³-hybridized carbons (Fsp3) is 0.133. The second-order valence-corrected chi connectivity index (χ2v) is 4.53. The highest BCUT2D eigenvalue weighted by Crippen LogP contribution is 2.25. The average Bonchev–Trinajstić information content (AvgIpc) is 2.26. The smallest absolute Gasteiger partial charge is 0.335 e. The van der Waals surface area contributed by atoms with E-state index in [1.807, 2.05) is 26.0 Å². The molecule has 2 aromatic carbocycles. The van der Waals surface area contributed by atoms with Crippen LogP contribution in [0.2, 0.25) is 0 Å². The molecule has 0 aliphatic heterocycles. The number of anilines is 1. The summed E-state index contributed by atoms with van der Waals surface area (Å²) in [7, 11) is 0. The number of nitrogens with two attached hydrogens (primary N) is 1. The molecule has 0 heterocycles. The first kappa shape index (κ1) is 12.2. The van der Waals surface area contributed by atoms with Gasteiger partial charge < -0.3 is 10.8 Å². The fourth-order valence-corrected chi connectivity index (χ4v) is 2.08. The number of nitrogen functional groups attached to an aromatic ring is 1. The van der Waals surface area contributed by atoms with Gasteiger partial charge in [0.2, 0.25) is 0 Å². The molecule has 2 aromatic rings. The van der Waals surface area contributed by atoms with Crippen molar-refractivity contribution in [1.29, 1.82) is 0 Å². The van der Waals surface area contributed by atoms with Gasteiger partial charge in [-0.15, -0.1) is 0 Å². The molecule has 0 unspecified atom stereocenters. The molecule has 18 heavy (non-hydrogen) atoms. The van der Waals surface area contributed by atoms with Crippen molar-refractivity contribution < 1.29 is 9.90 Å². The number of carboxylic acids is 1. The lowest BCUT2D eigenvalue weighted by molar-refractivity contribution is 0.0697.